The predicted molar refractivity (Wildman–Crippen MR) is 156 cm³/mol. The molecule has 0 unspecified atom stereocenters. The van der Waals surface area contributed by atoms with Gasteiger partial charge in [-0.15, -0.1) is 0 Å². The maximum absolute atomic E-state index is 13.4. The van der Waals surface area contributed by atoms with Crippen LogP contribution >= 0.6 is 0 Å². The van der Waals surface area contributed by atoms with Gasteiger partial charge in [0.1, 0.15) is 11.6 Å². The van der Waals surface area contributed by atoms with Gasteiger partial charge in [0.15, 0.2) is 0 Å². The lowest BCUT2D eigenvalue weighted by Crippen LogP contribution is -2.49. The van der Waals surface area contributed by atoms with Crippen LogP contribution in [0.25, 0.3) is 10.9 Å². The zero-order valence-corrected chi connectivity index (χ0v) is 24.2. The molecule has 220 valence electrons. The number of benzene rings is 2. The van der Waals surface area contributed by atoms with E-state index >= 15 is 0 Å². The number of anilines is 2. The summed E-state index contributed by atoms with van der Waals surface area (Å²) in [5.41, 5.74) is 8.57. The maximum atomic E-state index is 13.4. The second-order valence-electron chi connectivity index (χ2n) is 11.8. The van der Waals surface area contributed by atoms with E-state index in [1.54, 1.807) is 13.0 Å². The fraction of sp³-hybridized carbons (Fsp3) is 0.516. The lowest BCUT2D eigenvalue weighted by atomic mass is 9.77. The Kier molecular flexibility index (Phi) is 8.14. The van der Waals surface area contributed by atoms with Crippen molar-refractivity contribution in [1.82, 2.24) is 19.8 Å². The number of alkyl halides is 3. The van der Waals surface area contributed by atoms with Crippen LogP contribution in [-0.4, -0.2) is 58.9 Å². The lowest BCUT2D eigenvalue weighted by molar-refractivity contribution is -0.138. The first kappa shape index (κ1) is 29.1. The number of hydrogen-bond donors (Lipinski definition) is 2. The van der Waals surface area contributed by atoms with E-state index in [1.165, 1.54) is 5.56 Å². The topological polar surface area (TPSA) is 87.4 Å². The van der Waals surface area contributed by atoms with Gasteiger partial charge >= 0.3 is 6.18 Å². The molecular formula is C31H39F3N6O. The molecule has 41 heavy (non-hydrogen) atoms. The van der Waals surface area contributed by atoms with Crippen LogP contribution in [0, 0.1) is 19.8 Å². The first-order valence-electron chi connectivity index (χ1n) is 14.4. The largest absolute Gasteiger partial charge is 0.416 e. The summed E-state index contributed by atoms with van der Waals surface area (Å²) in [6.07, 6.45) is -0.871. The van der Waals surface area contributed by atoms with Crippen LogP contribution in [0.5, 0.6) is 0 Å². The first-order valence-corrected chi connectivity index (χ1v) is 14.4. The monoisotopic (exact) mass is 568 g/mol. The number of nitrogens with one attached hydrogen (secondary N) is 1. The maximum Gasteiger partial charge on any atom is 0.416 e. The minimum atomic E-state index is -4.48. The van der Waals surface area contributed by atoms with E-state index in [4.69, 9.17) is 5.73 Å². The van der Waals surface area contributed by atoms with Crippen LogP contribution in [0.4, 0.5) is 24.7 Å². The van der Waals surface area contributed by atoms with E-state index in [9.17, 15) is 18.0 Å². The molecule has 2 aliphatic rings. The van der Waals surface area contributed by atoms with Crippen molar-refractivity contribution in [1.29, 1.82) is 0 Å². The smallest absolute Gasteiger partial charge is 0.399 e. The molecule has 1 amide bonds. The zero-order valence-electron chi connectivity index (χ0n) is 24.2. The van der Waals surface area contributed by atoms with E-state index in [1.807, 2.05) is 18.7 Å². The van der Waals surface area contributed by atoms with Crippen molar-refractivity contribution in [3.8, 4) is 0 Å². The summed E-state index contributed by atoms with van der Waals surface area (Å²) < 4.78 is 40.3. The van der Waals surface area contributed by atoms with Crippen molar-refractivity contribution in [2.75, 3.05) is 44.3 Å². The van der Waals surface area contributed by atoms with Crippen molar-refractivity contribution >= 4 is 28.3 Å². The molecule has 1 aliphatic carbocycles. The van der Waals surface area contributed by atoms with Gasteiger partial charge < -0.3 is 20.9 Å². The fourth-order valence-electron chi connectivity index (χ4n) is 6.23. The van der Waals surface area contributed by atoms with Crippen molar-refractivity contribution in [2.24, 2.45) is 5.92 Å². The lowest BCUT2D eigenvalue weighted by Gasteiger charge is -2.36. The zero-order chi connectivity index (χ0) is 29.5. The van der Waals surface area contributed by atoms with Gasteiger partial charge in [-0.3, -0.25) is 4.79 Å². The normalized spacial score (nSPS) is 21.2. The third-order valence-corrected chi connectivity index (χ3v) is 8.65. The summed E-state index contributed by atoms with van der Waals surface area (Å²) in [5, 5.41) is 4.18. The Hall–Kier alpha value is -3.40. The highest BCUT2D eigenvalue weighted by atomic mass is 19.4. The van der Waals surface area contributed by atoms with Gasteiger partial charge in [0.2, 0.25) is 5.91 Å². The second kappa shape index (κ2) is 11.5. The molecule has 1 saturated heterocycles. The first-order chi connectivity index (χ1) is 19.4. The number of rotatable bonds is 5. The van der Waals surface area contributed by atoms with Crippen LogP contribution < -0.4 is 11.1 Å². The molecule has 1 aromatic heterocycles. The highest BCUT2D eigenvalue weighted by Crippen LogP contribution is 2.40. The molecule has 10 heteroatoms. The summed E-state index contributed by atoms with van der Waals surface area (Å²) >= 11 is 0. The summed E-state index contributed by atoms with van der Waals surface area (Å²) in [7, 11) is 2.09. The van der Waals surface area contributed by atoms with Gasteiger partial charge in [0.05, 0.1) is 17.1 Å². The van der Waals surface area contributed by atoms with Crippen molar-refractivity contribution in [2.45, 2.75) is 64.6 Å². The molecule has 7 nitrogen and oxygen atoms in total. The highest BCUT2D eigenvalue weighted by molar-refractivity contribution is 5.92. The van der Waals surface area contributed by atoms with Gasteiger partial charge in [-0.05, 0) is 100 Å². The molecule has 2 fully saturated rings. The van der Waals surface area contributed by atoms with E-state index in [0.717, 1.165) is 80.5 Å². The third kappa shape index (κ3) is 6.42. The minimum Gasteiger partial charge on any atom is -0.399 e. The second-order valence-corrected chi connectivity index (χ2v) is 11.8. The number of carbonyl (C=O) groups is 1. The Morgan fingerprint density at radius 2 is 1.68 bits per heavy atom. The number of halogens is 3. The Labute approximate surface area is 239 Å². The van der Waals surface area contributed by atoms with Gasteiger partial charge in [-0.1, -0.05) is 6.07 Å². The number of fused-ring (bicyclic) bond motifs is 1. The minimum absolute atomic E-state index is 0.0621. The molecule has 0 radical (unpaired) electrons. The van der Waals surface area contributed by atoms with Gasteiger partial charge in [-0.2, -0.15) is 13.2 Å². The molecule has 1 atom stereocenters. The van der Waals surface area contributed by atoms with Gasteiger partial charge in [0, 0.05) is 43.2 Å². The molecule has 0 bridgehead atoms. The Morgan fingerprint density at radius 1 is 1.00 bits per heavy atom. The van der Waals surface area contributed by atoms with E-state index in [0.29, 0.717) is 29.0 Å². The van der Waals surface area contributed by atoms with Crippen molar-refractivity contribution in [3.05, 3.63) is 58.4 Å². The predicted octanol–water partition coefficient (Wildman–Crippen LogP) is 6.07. The number of likely N-dealkylation sites (N-methyl/N-ethyl adjacent to an activating group) is 1. The van der Waals surface area contributed by atoms with Crippen LogP contribution in [0.1, 0.15) is 72.6 Å². The summed E-state index contributed by atoms with van der Waals surface area (Å²) in [6.45, 7) is 9.10. The molecule has 2 aromatic carbocycles. The molecule has 1 saturated carbocycles. The number of hydrogen-bond acceptors (Lipinski definition) is 6. The molecule has 5 rings (SSSR count). The molecular weight excluding hydrogens is 529 g/mol. The summed E-state index contributed by atoms with van der Waals surface area (Å²) in [6, 6.07) is 7.46. The summed E-state index contributed by atoms with van der Waals surface area (Å²) in [5.74, 6) is 1.87. The molecule has 3 N–H and O–H groups in total. The quantitative estimate of drug-likeness (QED) is 0.364. The number of amides is 1. The molecule has 2 heterocycles. The summed E-state index contributed by atoms with van der Waals surface area (Å²) in [4.78, 5) is 26.8. The number of nitrogens with zero attached hydrogens (tertiary/aromatic N) is 4. The van der Waals surface area contributed by atoms with Gasteiger partial charge in [0.25, 0.3) is 0 Å². The SMILES string of the molecule is Cc1nc(N[C@H](C)c2cc(N)cc(C(F)(F)F)c2)c2cc([C@H]3CC[C@@H](C(=O)N4CCN(C)CC4)CC3)cc(C)c2n1. The van der Waals surface area contributed by atoms with Crippen LogP contribution in [-0.2, 0) is 11.0 Å². The number of aromatic nitrogens is 2. The number of carbonyl (C=O) groups excluding carboxylic acids is 1. The standard InChI is InChI=1S/C31H39F3N6O/c1-18-13-24(21-5-7-22(8-6-21)30(41)40-11-9-39(4)10-12-40)16-27-28(18)37-20(3)38-29(27)36-19(2)23-14-25(31(32,33)34)17-26(35)15-23/h13-17,19,21-22H,5-12,35H2,1-4H3,(H,36,37,38)/t19-,21-,22+/m1/s1. The Bertz CT molecular complexity index is 1430. The van der Waals surface area contributed by atoms with Gasteiger partial charge in [-0.25, -0.2) is 9.97 Å². The van der Waals surface area contributed by atoms with Crippen LogP contribution in [0.2, 0.25) is 0 Å². The van der Waals surface area contributed by atoms with E-state index in [-0.39, 0.29) is 11.6 Å². The Balaban J connectivity index is 1.36. The molecule has 3 aromatic rings. The number of nitrogens with two attached hydrogens (primary N) is 1. The van der Waals surface area contributed by atoms with Crippen LogP contribution in [0.15, 0.2) is 30.3 Å². The fourth-order valence-corrected chi connectivity index (χ4v) is 6.23. The number of nitrogen functional groups attached to an aromatic ring is 1. The van der Waals surface area contributed by atoms with Crippen molar-refractivity contribution in [3.63, 3.8) is 0 Å². The highest BCUT2D eigenvalue weighted by Gasteiger charge is 2.33. The third-order valence-electron chi connectivity index (χ3n) is 8.65. The average Bonchev–Trinajstić information content (AvgIpc) is 2.93. The molecule has 1 aliphatic heterocycles. The van der Waals surface area contributed by atoms with E-state index in [2.05, 4.69) is 39.4 Å². The Morgan fingerprint density at radius 3 is 2.34 bits per heavy atom. The number of aryl methyl sites for hydroxylation is 2. The van der Waals surface area contributed by atoms with E-state index < -0.39 is 17.8 Å². The average molecular weight is 569 g/mol. The number of piperazine rings is 1. The van der Waals surface area contributed by atoms with Crippen LogP contribution in [0.3, 0.4) is 0 Å². The molecule has 0 spiro atoms. The van der Waals surface area contributed by atoms with Crippen molar-refractivity contribution < 1.29 is 18.0 Å².